The Morgan fingerprint density at radius 3 is 2.76 bits per heavy atom. The second kappa shape index (κ2) is 6.77. The molecule has 0 aliphatic carbocycles. The molecule has 0 aromatic carbocycles. The summed E-state index contributed by atoms with van der Waals surface area (Å²) in [5.41, 5.74) is 1.31. The highest BCUT2D eigenvalue weighted by atomic mass is 32.1. The fourth-order valence-electron chi connectivity index (χ4n) is 1.49. The van der Waals surface area contributed by atoms with Gasteiger partial charge in [-0.15, -0.1) is 11.3 Å². The standard InChI is InChI=1S/C13H22N2OS/c1-10(2)7-14-13(16)9-15(4)8-12-11(3)5-6-17-12/h5-6,10H,7-9H2,1-4H3,(H,14,16). The third-order valence-corrected chi connectivity index (χ3v) is 3.51. The van der Waals surface area contributed by atoms with Crippen molar-refractivity contribution in [3.8, 4) is 0 Å². The first-order chi connectivity index (χ1) is 7.99. The Labute approximate surface area is 108 Å². The number of thiophene rings is 1. The minimum Gasteiger partial charge on any atom is -0.355 e. The molecule has 17 heavy (non-hydrogen) atoms. The smallest absolute Gasteiger partial charge is 0.234 e. The summed E-state index contributed by atoms with van der Waals surface area (Å²) in [5.74, 6) is 0.610. The zero-order valence-corrected chi connectivity index (χ0v) is 11.9. The van der Waals surface area contributed by atoms with Gasteiger partial charge in [0, 0.05) is 18.0 Å². The van der Waals surface area contributed by atoms with Gasteiger partial charge in [0.2, 0.25) is 5.91 Å². The van der Waals surface area contributed by atoms with E-state index in [-0.39, 0.29) is 5.91 Å². The summed E-state index contributed by atoms with van der Waals surface area (Å²) in [5, 5.41) is 5.02. The molecule has 1 amide bonds. The number of carbonyl (C=O) groups excluding carboxylic acids is 1. The van der Waals surface area contributed by atoms with Crippen LogP contribution >= 0.6 is 11.3 Å². The van der Waals surface area contributed by atoms with Crippen molar-refractivity contribution in [3.63, 3.8) is 0 Å². The molecule has 0 aliphatic rings. The van der Waals surface area contributed by atoms with Crippen LogP contribution in [0.25, 0.3) is 0 Å². The van der Waals surface area contributed by atoms with E-state index < -0.39 is 0 Å². The molecule has 0 radical (unpaired) electrons. The lowest BCUT2D eigenvalue weighted by atomic mass is 10.2. The molecule has 96 valence electrons. The van der Waals surface area contributed by atoms with Gasteiger partial charge in [0.25, 0.3) is 0 Å². The lowest BCUT2D eigenvalue weighted by molar-refractivity contribution is -0.122. The van der Waals surface area contributed by atoms with Crippen molar-refractivity contribution in [2.75, 3.05) is 20.1 Å². The Bertz CT molecular complexity index is 360. The Morgan fingerprint density at radius 1 is 1.53 bits per heavy atom. The third-order valence-electron chi connectivity index (χ3n) is 2.50. The zero-order valence-electron chi connectivity index (χ0n) is 11.1. The fraction of sp³-hybridized carbons (Fsp3) is 0.615. The van der Waals surface area contributed by atoms with Crippen molar-refractivity contribution >= 4 is 17.2 Å². The van der Waals surface area contributed by atoms with Gasteiger partial charge in [0.05, 0.1) is 6.54 Å². The van der Waals surface area contributed by atoms with Crippen LogP contribution in [0.5, 0.6) is 0 Å². The Kier molecular flexibility index (Phi) is 5.65. The molecule has 0 fully saturated rings. The Balaban J connectivity index is 2.32. The first kappa shape index (κ1) is 14.2. The number of rotatable bonds is 6. The normalized spacial score (nSPS) is 11.2. The van der Waals surface area contributed by atoms with E-state index in [1.807, 2.05) is 7.05 Å². The van der Waals surface area contributed by atoms with Crippen molar-refractivity contribution in [1.29, 1.82) is 0 Å². The molecule has 0 atom stereocenters. The van der Waals surface area contributed by atoms with Gasteiger partial charge < -0.3 is 5.32 Å². The molecule has 0 unspecified atom stereocenters. The summed E-state index contributed by atoms with van der Waals surface area (Å²) in [6.07, 6.45) is 0. The second-order valence-corrected chi connectivity index (χ2v) is 5.90. The van der Waals surface area contributed by atoms with E-state index in [0.717, 1.165) is 13.1 Å². The van der Waals surface area contributed by atoms with Crippen LogP contribution in [0.1, 0.15) is 24.3 Å². The van der Waals surface area contributed by atoms with Gasteiger partial charge >= 0.3 is 0 Å². The average molecular weight is 254 g/mol. The van der Waals surface area contributed by atoms with E-state index >= 15 is 0 Å². The van der Waals surface area contributed by atoms with Gasteiger partial charge in [-0.3, -0.25) is 9.69 Å². The third kappa shape index (κ3) is 5.33. The van der Waals surface area contributed by atoms with Gasteiger partial charge in [0.15, 0.2) is 0 Å². The van der Waals surface area contributed by atoms with Crippen LogP contribution in [-0.4, -0.2) is 30.9 Å². The maximum Gasteiger partial charge on any atom is 0.234 e. The largest absolute Gasteiger partial charge is 0.355 e. The van der Waals surface area contributed by atoms with Gasteiger partial charge in [0.1, 0.15) is 0 Å². The van der Waals surface area contributed by atoms with E-state index in [2.05, 4.69) is 42.4 Å². The van der Waals surface area contributed by atoms with Crippen LogP contribution in [0.15, 0.2) is 11.4 Å². The molecular formula is C13H22N2OS. The highest BCUT2D eigenvalue weighted by Gasteiger charge is 2.09. The molecule has 1 aromatic heterocycles. The Hall–Kier alpha value is -0.870. The summed E-state index contributed by atoms with van der Waals surface area (Å²) < 4.78 is 0. The lowest BCUT2D eigenvalue weighted by Gasteiger charge is -2.16. The van der Waals surface area contributed by atoms with Crippen LogP contribution in [0.4, 0.5) is 0 Å². The lowest BCUT2D eigenvalue weighted by Crippen LogP contribution is -2.36. The summed E-state index contributed by atoms with van der Waals surface area (Å²) in [7, 11) is 1.98. The summed E-state index contributed by atoms with van der Waals surface area (Å²) in [4.78, 5) is 15.0. The van der Waals surface area contributed by atoms with E-state index in [4.69, 9.17) is 0 Å². The molecule has 3 nitrogen and oxygen atoms in total. The van der Waals surface area contributed by atoms with Crippen molar-refractivity contribution in [2.45, 2.75) is 27.3 Å². The molecule has 0 saturated carbocycles. The number of hydrogen-bond acceptors (Lipinski definition) is 3. The van der Waals surface area contributed by atoms with E-state index in [1.165, 1.54) is 10.4 Å². The van der Waals surface area contributed by atoms with E-state index in [1.54, 1.807) is 11.3 Å². The summed E-state index contributed by atoms with van der Waals surface area (Å²) in [6.45, 7) is 8.36. The molecule has 0 saturated heterocycles. The zero-order chi connectivity index (χ0) is 12.8. The highest BCUT2D eigenvalue weighted by Crippen LogP contribution is 2.16. The SMILES string of the molecule is Cc1ccsc1CN(C)CC(=O)NCC(C)C. The van der Waals surface area contributed by atoms with Crippen LogP contribution in [0.3, 0.4) is 0 Å². The van der Waals surface area contributed by atoms with Crippen LogP contribution < -0.4 is 5.32 Å². The maximum atomic E-state index is 11.6. The number of amides is 1. The molecule has 1 rings (SSSR count). The minimum absolute atomic E-state index is 0.107. The maximum absolute atomic E-state index is 11.6. The van der Waals surface area contributed by atoms with Gasteiger partial charge in [-0.05, 0) is 36.9 Å². The number of nitrogens with one attached hydrogen (secondary N) is 1. The molecule has 4 heteroatoms. The van der Waals surface area contributed by atoms with Crippen molar-refractivity contribution in [3.05, 3.63) is 21.9 Å². The fourth-order valence-corrected chi connectivity index (χ4v) is 2.47. The van der Waals surface area contributed by atoms with Gasteiger partial charge in [-0.1, -0.05) is 13.8 Å². The molecular weight excluding hydrogens is 232 g/mol. The first-order valence-corrected chi connectivity index (χ1v) is 6.85. The highest BCUT2D eigenvalue weighted by molar-refractivity contribution is 7.10. The van der Waals surface area contributed by atoms with Gasteiger partial charge in [-0.2, -0.15) is 0 Å². The average Bonchev–Trinajstić information content (AvgIpc) is 2.61. The summed E-state index contributed by atoms with van der Waals surface area (Å²) in [6, 6.07) is 2.12. The molecule has 1 heterocycles. The van der Waals surface area contributed by atoms with E-state index in [0.29, 0.717) is 12.5 Å². The minimum atomic E-state index is 0.107. The summed E-state index contributed by atoms with van der Waals surface area (Å²) >= 11 is 1.75. The number of aryl methyl sites for hydroxylation is 1. The molecule has 0 aliphatic heterocycles. The molecule has 0 bridgehead atoms. The van der Waals surface area contributed by atoms with Crippen LogP contribution in [0, 0.1) is 12.8 Å². The van der Waals surface area contributed by atoms with Crippen LogP contribution in [0.2, 0.25) is 0 Å². The molecule has 0 spiro atoms. The number of nitrogens with zero attached hydrogens (tertiary/aromatic N) is 1. The Morgan fingerprint density at radius 2 is 2.24 bits per heavy atom. The first-order valence-electron chi connectivity index (χ1n) is 5.97. The van der Waals surface area contributed by atoms with Crippen molar-refractivity contribution in [1.82, 2.24) is 10.2 Å². The quantitative estimate of drug-likeness (QED) is 0.844. The monoisotopic (exact) mass is 254 g/mol. The molecule has 1 aromatic rings. The molecule has 1 N–H and O–H groups in total. The van der Waals surface area contributed by atoms with E-state index in [9.17, 15) is 4.79 Å². The van der Waals surface area contributed by atoms with Crippen molar-refractivity contribution < 1.29 is 4.79 Å². The number of hydrogen-bond donors (Lipinski definition) is 1. The predicted molar refractivity (Wildman–Crippen MR) is 73.2 cm³/mol. The van der Waals surface area contributed by atoms with Crippen molar-refractivity contribution in [2.24, 2.45) is 5.92 Å². The topological polar surface area (TPSA) is 32.3 Å². The van der Waals surface area contributed by atoms with Crippen LogP contribution in [-0.2, 0) is 11.3 Å². The second-order valence-electron chi connectivity index (χ2n) is 4.90. The van der Waals surface area contributed by atoms with Gasteiger partial charge in [-0.25, -0.2) is 0 Å². The number of carbonyl (C=O) groups is 1. The predicted octanol–water partition coefficient (Wildman–Crippen LogP) is 2.26. The number of likely N-dealkylation sites (N-methyl/N-ethyl adjacent to an activating group) is 1.